The Bertz CT molecular complexity index is 814. The van der Waals surface area contributed by atoms with Gasteiger partial charge in [0, 0.05) is 13.1 Å². The fraction of sp³-hybridized carbons (Fsp3) is 0.444. The van der Waals surface area contributed by atoms with Crippen LogP contribution in [0, 0.1) is 17.8 Å². The van der Waals surface area contributed by atoms with Crippen molar-refractivity contribution >= 4 is 35.3 Å². The summed E-state index contributed by atoms with van der Waals surface area (Å²) in [6.45, 7) is 5.70. The number of aromatic nitrogens is 1. The third-order valence-corrected chi connectivity index (χ3v) is 5.92. The van der Waals surface area contributed by atoms with Gasteiger partial charge in [0.1, 0.15) is 10.7 Å². The quantitative estimate of drug-likeness (QED) is 0.802. The number of carbonyl (C=O) groups is 1. The van der Waals surface area contributed by atoms with E-state index in [1.54, 1.807) is 0 Å². The lowest BCUT2D eigenvalue weighted by molar-refractivity contribution is 0.0767. The first-order chi connectivity index (χ1) is 11.5. The molecule has 4 nitrogen and oxygen atoms in total. The molecule has 1 aromatic carbocycles. The fourth-order valence-electron chi connectivity index (χ4n) is 3.14. The summed E-state index contributed by atoms with van der Waals surface area (Å²) in [7, 11) is 0. The van der Waals surface area contributed by atoms with Gasteiger partial charge in [0.05, 0.1) is 5.69 Å². The lowest BCUT2D eigenvalue weighted by Crippen LogP contribution is -2.31. The lowest BCUT2D eigenvalue weighted by atomic mass is 10.1. The molecule has 1 fully saturated rings. The van der Waals surface area contributed by atoms with Gasteiger partial charge >= 0.3 is 0 Å². The van der Waals surface area contributed by atoms with E-state index < -0.39 is 0 Å². The number of likely N-dealkylation sites (tertiary alicyclic amines) is 1. The maximum absolute atomic E-state index is 12.9. The highest BCUT2D eigenvalue weighted by molar-refractivity contribution is 7.73. The van der Waals surface area contributed by atoms with Crippen molar-refractivity contribution in [1.82, 2.24) is 9.47 Å². The molecular formula is C18H23N3OS2. The molecule has 128 valence electrons. The van der Waals surface area contributed by atoms with Crippen LogP contribution in [0.4, 0.5) is 5.82 Å². The largest absolute Gasteiger partial charge is 0.383 e. The summed E-state index contributed by atoms with van der Waals surface area (Å²) in [5.74, 6) is 0.488. The van der Waals surface area contributed by atoms with Crippen molar-refractivity contribution in [2.45, 2.75) is 39.5 Å². The van der Waals surface area contributed by atoms with Crippen LogP contribution in [-0.4, -0.2) is 28.5 Å². The van der Waals surface area contributed by atoms with Gasteiger partial charge in [-0.3, -0.25) is 9.36 Å². The van der Waals surface area contributed by atoms with Gasteiger partial charge in [-0.15, -0.1) is 0 Å². The Kier molecular flexibility index (Phi) is 5.06. The molecule has 1 aromatic heterocycles. The third kappa shape index (κ3) is 3.26. The number of hydrogen-bond donors (Lipinski definition) is 1. The molecule has 2 N–H and O–H groups in total. The molecule has 0 unspecified atom stereocenters. The molecule has 1 amide bonds. The summed E-state index contributed by atoms with van der Waals surface area (Å²) in [5, 5.41) is 0. The van der Waals surface area contributed by atoms with Gasteiger partial charge in [-0.25, -0.2) is 0 Å². The van der Waals surface area contributed by atoms with Gasteiger partial charge in [0.25, 0.3) is 5.91 Å². The predicted octanol–water partition coefficient (Wildman–Crippen LogP) is 4.48. The first kappa shape index (κ1) is 17.2. The second kappa shape index (κ2) is 7.07. The first-order valence-corrected chi connectivity index (χ1v) is 9.59. The predicted molar refractivity (Wildman–Crippen MR) is 103 cm³/mol. The van der Waals surface area contributed by atoms with Crippen LogP contribution in [0.1, 0.15) is 46.5 Å². The van der Waals surface area contributed by atoms with E-state index in [2.05, 4.69) is 18.2 Å². The van der Waals surface area contributed by atoms with E-state index in [1.807, 2.05) is 23.3 Å². The SMILES string of the molecule is Cc1ccc(C)c(-n2c(N)c(C(=O)N3CCCCCC3)sc2=S)c1. The average molecular weight is 362 g/mol. The Morgan fingerprint density at radius 2 is 1.83 bits per heavy atom. The zero-order chi connectivity index (χ0) is 17.3. The molecule has 2 aromatic rings. The van der Waals surface area contributed by atoms with Gasteiger partial charge in [-0.05, 0) is 56.1 Å². The van der Waals surface area contributed by atoms with Crippen molar-refractivity contribution in [3.63, 3.8) is 0 Å². The van der Waals surface area contributed by atoms with Gasteiger partial charge in [-0.1, -0.05) is 36.3 Å². The fourth-order valence-corrected chi connectivity index (χ4v) is 4.47. The number of hydrogen-bond acceptors (Lipinski definition) is 4. The third-order valence-electron chi connectivity index (χ3n) is 4.54. The van der Waals surface area contributed by atoms with E-state index in [0.717, 1.165) is 42.7 Å². The Labute approximate surface area is 151 Å². The number of amides is 1. The van der Waals surface area contributed by atoms with E-state index in [0.29, 0.717) is 14.6 Å². The molecule has 0 atom stereocenters. The molecule has 0 aliphatic carbocycles. The first-order valence-electron chi connectivity index (χ1n) is 8.37. The summed E-state index contributed by atoms with van der Waals surface area (Å²) in [4.78, 5) is 15.4. The number of nitrogens with two attached hydrogens (primary N) is 1. The Balaban J connectivity index is 2.02. The molecule has 0 bridgehead atoms. The standard InChI is InChI=1S/C18H23N3OS2/c1-12-7-8-13(2)14(11-12)21-16(19)15(24-18(21)23)17(22)20-9-5-3-4-6-10-20/h7-8,11H,3-6,9-10,19H2,1-2H3. The summed E-state index contributed by atoms with van der Waals surface area (Å²) in [6.07, 6.45) is 4.51. The minimum absolute atomic E-state index is 0.0227. The van der Waals surface area contributed by atoms with Crippen molar-refractivity contribution in [2.24, 2.45) is 0 Å². The van der Waals surface area contributed by atoms with Gasteiger partial charge in [0.15, 0.2) is 3.95 Å². The van der Waals surface area contributed by atoms with Crippen molar-refractivity contribution in [1.29, 1.82) is 0 Å². The molecule has 2 heterocycles. The molecule has 1 aliphatic heterocycles. The van der Waals surface area contributed by atoms with Crippen LogP contribution < -0.4 is 5.73 Å². The molecule has 0 saturated carbocycles. The van der Waals surface area contributed by atoms with Crippen LogP contribution in [0.15, 0.2) is 18.2 Å². The van der Waals surface area contributed by atoms with E-state index in [1.165, 1.54) is 24.2 Å². The topological polar surface area (TPSA) is 51.3 Å². The highest BCUT2D eigenvalue weighted by atomic mass is 32.1. The molecule has 3 rings (SSSR count). The number of nitrogen functional groups attached to an aromatic ring is 1. The van der Waals surface area contributed by atoms with Gasteiger partial charge < -0.3 is 10.6 Å². The number of thiazole rings is 1. The Hall–Kier alpha value is -1.66. The van der Waals surface area contributed by atoms with Crippen LogP contribution in [0.25, 0.3) is 5.69 Å². The highest BCUT2D eigenvalue weighted by Crippen LogP contribution is 2.30. The highest BCUT2D eigenvalue weighted by Gasteiger charge is 2.24. The second-order valence-corrected chi connectivity index (χ2v) is 8.06. The van der Waals surface area contributed by atoms with Crippen molar-refractivity contribution in [3.05, 3.63) is 38.2 Å². The summed E-state index contributed by atoms with van der Waals surface area (Å²) < 4.78 is 2.47. The van der Waals surface area contributed by atoms with Crippen molar-refractivity contribution in [2.75, 3.05) is 18.8 Å². The monoisotopic (exact) mass is 361 g/mol. The van der Waals surface area contributed by atoms with Crippen LogP contribution in [0.5, 0.6) is 0 Å². The maximum atomic E-state index is 12.9. The van der Waals surface area contributed by atoms with Crippen LogP contribution in [0.2, 0.25) is 0 Å². The maximum Gasteiger partial charge on any atom is 0.267 e. The van der Waals surface area contributed by atoms with E-state index >= 15 is 0 Å². The van der Waals surface area contributed by atoms with Gasteiger partial charge in [-0.2, -0.15) is 0 Å². The van der Waals surface area contributed by atoms with Crippen LogP contribution >= 0.6 is 23.6 Å². The minimum Gasteiger partial charge on any atom is -0.383 e. The minimum atomic E-state index is 0.0227. The average Bonchev–Trinajstić information content (AvgIpc) is 2.74. The zero-order valence-electron chi connectivity index (χ0n) is 14.2. The number of carbonyl (C=O) groups excluding carboxylic acids is 1. The summed E-state index contributed by atoms with van der Waals surface area (Å²) in [6, 6.07) is 6.18. The lowest BCUT2D eigenvalue weighted by Gasteiger charge is -2.19. The Morgan fingerprint density at radius 1 is 1.17 bits per heavy atom. The van der Waals surface area contributed by atoms with Gasteiger partial charge in [0.2, 0.25) is 0 Å². The molecule has 0 radical (unpaired) electrons. The molecule has 1 aliphatic rings. The normalized spacial score (nSPS) is 15.3. The van der Waals surface area contributed by atoms with E-state index in [4.69, 9.17) is 18.0 Å². The molecule has 1 saturated heterocycles. The zero-order valence-corrected chi connectivity index (χ0v) is 15.8. The molecule has 0 spiro atoms. The number of anilines is 1. The number of rotatable bonds is 2. The molecular weight excluding hydrogens is 338 g/mol. The van der Waals surface area contributed by atoms with E-state index in [-0.39, 0.29) is 5.91 Å². The van der Waals surface area contributed by atoms with Crippen LogP contribution in [0.3, 0.4) is 0 Å². The molecule has 6 heteroatoms. The number of aryl methyl sites for hydroxylation is 2. The summed E-state index contributed by atoms with van der Waals surface area (Å²) in [5.41, 5.74) is 9.56. The number of nitrogens with zero attached hydrogens (tertiary/aromatic N) is 2. The van der Waals surface area contributed by atoms with Crippen molar-refractivity contribution < 1.29 is 4.79 Å². The van der Waals surface area contributed by atoms with Crippen molar-refractivity contribution in [3.8, 4) is 5.69 Å². The second-order valence-electron chi connectivity index (χ2n) is 6.41. The van der Waals surface area contributed by atoms with Crippen LogP contribution in [-0.2, 0) is 0 Å². The number of benzene rings is 1. The Morgan fingerprint density at radius 3 is 2.50 bits per heavy atom. The van der Waals surface area contributed by atoms with E-state index in [9.17, 15) is 4.79 Å². The smallest absolute Gasteiger partial charge is 0.267 e. The summed E-state index contributed by atoms with van der Waals surface area (Å²) >= 11 is 6.84. The molecule has 24 heavy (non-hydrogen) atoms.